The summed E-state index contributed by atoms with van der Waals surface area (Å²) >= 11 is 0. The summed E-state index contributed by atoms with van der Waals surface area (Å²) in [6.45, 7) is 1.07. The summed E-state index contributed by atoms with van der Waals surface area (Å²) in [6, 6.07) is 12.2. The number of carbonyl (C=O) groups excluding carboxylic acids is 1. The molecule has 0 atom stereocenters. The molecule has 0 saturated carbocycles. The van der Waals surface area contributed by atoms with Crippen molar-refractivity contribution in [2.75, 3.05) is 27.4 Å². The van der Waals surface area contributed by atoms with E-state index in [2.05, 4.69) is 20.6 Å². The van der Waals surface area contributed by atoms with Gasteiger partial charge in [0.15, 0.2) is 5.65 Å². The lowest BCUT2D eigenvalue weighted by atomic mass is 10.1. The van der Waals surface area contributed by atoms with Gasteiger partial charge in [-0.2, -0.15) is 10.1 Å². The normalized spacial score (nSPS) is 11.1. The Morgan fingerprint density at radius 2 is 1.97 bits per heavy atom. The van der Waals surface area contributed by atoms with Crippen LogP contribution in [0.25, 0.3) is 27.8 Å². The van der Waals surface area contributed by atoms with Crippen LogP contribution >= 0.6 is 0 Å². The number of amides is 1. The number of H-pyrrole nitrogens is 1. The van der Waals surface area contributed by atoms with Crippen LogP contribution in [0.2, 0.25) is 0 Å². The number of ether oxygens (including phenoxy) is 2. The number of hydrogen-bond donors (Lipinski definition) is 2. The molecule has 0 spiro atoms. The van der Waals surface area contributed by atoms with Crippen molar-refractivity contribution in [2.45, 2.75) is 6.42 Å². The first-order valence-corrected chi connectivity index (χ1v) is 9.45. The van der Waals surface area contributed by atoms with E-state index in [1.807, 2.05) is 24.3 Å². The fourth-order valence-corrected chi connectivity index (χ4v) is 3.23. The second-order valence-corrected chi connectivity index (χ2v) is 6.70. The number of fused-ring (bicyclic) bond motifs is 3. The Morgan fingerprint density at radius 3 is 2.70 bits per heavy atom. The molecule has 2 heterocycles. The maximum absolute atomic E-state index is 12.6. The van der Waals surface area contributed by atoms with Gasteiger partial charge in [-0.1, -0.05) is 0 Å². The lowest BCUT2D eigenvalue weighted by Crippen LogP contribution is -2.25. The molecule has 2 aromatic heterocycles. The molecular formula is C21H21N5O4. The van der Waals surface area contributed by atoms with E-state index in [-0.39, 0.29) is 11.5 Å². The van der Waals surface area contributed by atoms with Gasteiger partial charge in [-0.15, -0.1) is 0 Å². The van der Waals surface area contributed by atoms with Gasteiger partial charge < -0.3 is 14.8 Å². The van der Waals surface area contributed by atoms with Crippen LogP contribution in [0.1, 0.15) is 16.8 Å². The van der Waals surface area contributed by atoms with Gasteiger partial charge in [-0.05, 0) is 48.9 Å². The van der Waals surface area contributed by atoms with Gasteiger partial charge in [0.2, 0.25) is 0 Å². The van der Waals surface area contributed by atoms with E-state index in [0.717, 1.165) is 17.7 Å². The van der Waals surface area contributed by atoms with Gasteiger partial charge in [0.25, 0.3) is 11.5 Å². The van der Waals surface area contributed by atoms with Crippen molar-refractivity contribution in [2.24, 2.45) is 0 Å². The quantitative estimate of drug-likeness (QED) is 0.454. The average molecular weight is 407 g/mol. The minimum atomic E-state index is -0.381. The van der Waals surface area contributed by atoms with Crippen molar-refractivity contribution in [1.29, 1.82) is 0 Å². The molecule has 0 fully saturated rings. The van der Waals surface area contributed by atoms with Crippen molar-refractivity contribution in [3.05, 3.63) is 58.4 Å². The number of rotatable bonds is 7. The minimum Gasteiger partial charge on any atom is -0.497 e. The molecule has 0 radical (unpaired) electrons. The third kappa shape index (κ3) is 3.62. The third-order valence-electron chi connectivity index (χ3n) is 4.80. The van der Waals surface area contributed by atoms with Crippen LogP contribution < -0.4 is 15.6 Å². The van der Waals surface area contributed by atoms with Crippen molar-refractivity contribution in [1.82, 2.24) is 25.1 Å². The highest BCUT2D eigenvalue weighted by Crippen LogP contribution is 2.24. The number of nitrogens with one attached hydrogen (secondary N) is 2. The van der Waals surface area contributed by atoms with Crippen LogP contribution in [0.15, 0.2) is 47.3 Å². The molecule has 2 aromatic carbocycles. The lowest BCUT2D eigenvalue weighted by Gasteiger charge is -2.07. The fraction of sp³-hybridized carbons (Fsp3) is 0.238. The predicted molar refractivity (Wildman–Crippen MR) is 112 cm³/mol. The summed E-state index contributed by atoms with van der Waals surface area (Å²) in [7, 11) is 3.21. The number of carbonyl (C=O) groups is 1. The Hall–Kier alpha value is -3.72. The first kappa shape index (κ1) is 19.6. The molecule has 154 valence electrons. The summed E-state index contributed by atoms with van der Waals surface area (Å²) in [4.78, 5) is 29.3. The zero-order chi connectivity index (χ0) is 21.1. The molecule has 30 heavy (non-hydrogen) atoms. The Balaban J connectivity index is 1.75. The van der Waals surface area contributed by atoms with Crippen LogP contribution in [0, 0.1) is 0 Å². The molecule has 4 aromatic rings. The number of methoxy groups -OCH3 is 2. The number of benzene rings is 2. The molecule has 0 aliphatic carbocycles. The molecule has 2 N–H and O–H groups in total. The monoisotopic (exact) mass is 407 g/mol. The van der Waals surface area contributed by atoms with Crippen molar-refractivity contribution < 1.29 is 14.3 Å². The van der Waals surface area contributed by atoms with Gasteiger partial charge in [0, 0.05) is 31.4 Å². The van der Waals surface area contributed by atoms with E-state index < -0.39 is 0 Å². The highest BCUT2D eigenvalue weighted by molar-refractivity contribution is 5.98. The van der Waals surface area contributed by atoms with Gasteiger partial charge in [-0.3, -0.25) is 9.59 Å². The van der Waals surface area contributed by atoms with Crippen LogP contribution in [-0.2, 0) is 4.74 Å². The highest BCUT2D eigenvalue weighted by atomic mass is 16.5. The van der Waals surface area contributed by atoms with E-state index in [1.165, 1.54) is 0 Å². The van der Waals surface area contributed by atoms with E-state index in [9.17, 15) is 9.59 Å². The predicted octanol–water partition coefficient (Wildman–Crippen LogP) is 2.01. The molecule has 0 aliphatic rings. The summed E-state index contributed by atoms with van der Waals surface area (Å²) in [6.07, 6.45) is 0.717. The number of aromatic nitrogens is 4. The number of aromatic amines is 1. The van der Waals surface area contributed by atoms with E-state index >= 15 is 0 Å². The Bertz CT molecular complexity index is 1260. The Labute approximate surface area is 171 Å². The molecule has 0 unspecified atom stereocenters. The standard InChI is InChI=1S/C21H21N5O4/c1-29-11-3-10-22-20(27)14-6-9-16-17(12-14)26-19(23-21(16)28)18(24-25-26)13-4-7-15(30-2)8-5-13/h4-9,12,25H,3,10-11H2,1-2H3,(H,22,27). The van der Waals surface area contributed by atoms with Gasteiger partial charge >= 0.3 is 0 Å². The molecule has 0 aliphatic heterocycles. The van der Waals surface area contributed by atoms with E-state index in [0.29, 0.717) is 41.0 Å². The van der Waals surface area contributed by atoms with Crippen LogP contribution in [0.4, 0.5) is 0 Å². The summed E-state index contributed by atoms with van der Waals surface area (Å²) in [5, 5.41) is 10.5. The number of hydrogen-bond acceptors (Lipinski definition) is 6. The molecule has 0 bridgehead atoms. The van der Waals surface area contributed by atoms with Crippen molar-refractivity contribution in [3.63, 3.8) is 0 Å². The van der Waals surface area contributed by atoms with Crippen LogP contribution in [-0.4, -0.2) is 53.1 Å². The SMILES string of the molecule is COCCCNC(=O)c1ccc2c(=O)nc3c(-c4ccc(OC)cc4)n[nH]n3c2c1. The lowest BCUT2D eigenvalue weighted by molar-refractivity contribution is 0.0948. The van der Waals surface area contributed by atoms with Crippen LogP contribution in [0.3, 0.4) is 0 Å². The van der Waals surface area contributed by atoms with Gasteiger partial charge in [0.05, 0.1) is 18.0 Å². The second kappa shape index (κ2) is 8.34. The van der Waals surface area contributed by atoms with Crippen molar-refractivity contribution in [3.8, 4) is 17.0 Å². The molecule has 9 heteroatoms. The maximum atomic E-state index is 12.6. The smallest absolute Gasteiger partial charge is 0.281 e. The van der Waals surface area contributed by atoms with E-state index in [4.69, 9.17) is 9.47 Å². The van der Waals surface area contributed by atoms with Gasteiger partial charge in [-0.25, -0.2) is 9.73 Å². The Morgan fingerprint density at radius 1 is 1.17 bits per heavy atom. The molecule has 0 saturated heterocycles. The highest BCUT2D eigenvalue weighted by Gasteiger charge is 2.16. The Kier molecular flexibility index (Phi) is 5.44. The molecule has 9 nitrogen and oxygen atoms in total. The minimum absolute atomic E-state index is 0.221. The maximum Gasteiger partial charge on any atom is 0.281 e. The molecule has 1 amide bonds. The summed E-state index contributed by atoms with van der Waals surface area (Å²) < 4.78 is 11.8. The molecule has 4 rings (SSSR count). The average Bonchev–Trinajstić information content (AvgIpc) is 3.20. The summed E-state index contributed by atoms with van der Waals surface area (Å²) in [5.41, 5.74) is 2.30. The zero-order valence-electron chi connectivity index (χ0n) is 16.6. The third-order valence-corrected chi connectivity index (χ3v) is 4.80. The van der Waals surface area contributed by atoms with Crippen LogP contribution in [0.5, 0.6) is 5.75 Å². The summed E-state index contributed by atoms with van der Waals surface area (Å²) in [5.74, 6) is 0.497. The van der Waals surface area contributed by atoms with Gasteiger partial charge in [0.1, 0.15) is 11.4 Å². The first-order chi connectivity index (χ1) is 14.6. The fourth-order valence-electron chi connectivity index (χ4n) is 3.23. The largest absolute Gasteiger partial charge is 0.497 e. The topological polar surface area (TPSA) is 111 Å². The second-order valence-electron chi connectivity index (χ2n) is 6.70. The molecular weight excluding hydrogens is 386 g/mol. The van der Waals surface area contributed by atoms with E-state index in [1.54, 1.807) is 36.9 Å². The van der Waals surface area contributed by atoms with Crippen molar-refractivity contribution >= 4 is 22.5 Å². The zero-order valence-corrected chi connectivity index (χ0v) is 16.6. The number of nitrogens with zero attached hydrogens (tertiary/aromatic N) is 3. The first-order valence-electron chi connectivity index (χ1n) is 9.45.